The summed E-state index contributed by atoms with van der Waals surface area (Å²) in [5, 5.41) is 8.94. The summed E-state index contributed by atoms with van der Waals surface area (Å²) in [6, 6.07) is 0. The number of nitrogens with zero attached hydrogens (tertiary/aromatic N) is 3. The summed E-state index contributed by atoms with van der Waals surface area (Å²) < 4.78 is 13.6. The third kappa shape index (κ3) is 2.82. The topological polar surface area (TPSA) is 75.3 Å². The minimum atomic E-state index is -0.441. The summed E-state index contributed by atoms with van der Waals surface area (Å²) in [5.74, 6) is 0.319. The third-order valence-corrected chi connectivity index (χ3v) is 3.10. The summed E-state index contributed by atoms with van der Waals surface area (Å²) in [7, 11) is 0. The lowest BCUT2D eigenvalue weighted by Crippen LogP contribution is -2.37. The fourth-order valence-corrected chi connectivity index (χ4v) is 2.27. The van der Waals surface area contributed by atoms with E-state index in [0.29, 0.717) is 12.5 Å². The lowest BCUT2D eigenvalue weighted by atomic mass is 9.95. The second-order valence-corrected chi connectivity index (χ2v) is 4.37. The van der Waals surface area contributed by atoms with Crippen molar-refractivity contribution in [3.05, 3.63) is 12.0 Å². The molecule has 0 bridgehead atoms. The van der Waals surface area contributed by atoms with Crippen LogP contribution in [0.2, 0.25) is 0 Å². The van der Waals surface area contributed by atoms with Crippen molar-refractivity contribution < 1.29 is 9.50 Å². The zero-order chi connectivity index (χ0) is 12.3. The maximum Gasteiger partial charge on any atom is 0.222 e. The first-order chi connectivity index (χ1) is 8.20. The molecular weight excluding hydrogens is 223 g/mol. The number of hydrogen-bond acceptors (Lipinski definition) is 5. The van der Waals surface area contributed by atoms with Crippen LogP contribution in [0.5, 0.6) is 0 Å². The standard InChI is InChI=1S/C11H17FN4O/c12-9-6-14-11(13)15-10(9)16-4-1-2-8(7-16)3-5-17/h6,8,17H,1-5,7H2,(H2,13,14,15). The van der Waals surface area contributed by atoms with Gasteiger partial charge in [0.2, 0.25) is 5.95 Å². The molecule has 1 aromatic rings. The molecular formula is C11H17FN4O. The largest absolute Gasteiger partial charge is 0.396 e. The molecule has 1 saturated heterocycles. The Balaban J connectivity index is 2.13. The molecule has 1 aliphatic rings. The molecule has 0 spiro atoms. The SMILES string of the molecule is Nc1ncc(F)c(N2CCCC(CCO)C2)n1. The van der Waals surface area contributed by atoms with Crippen molar-refractivity contribution in [3.8, 4) is 0 Å². The van der Waals surface area contributed by atoms with Crippen LogP contribution in [0.25, 0.3) is 0 Å². The molecule has 6 heteroatoms. The molecule has 0 aromatic carbocycles. The highest BCUT2D eigenvalue weighted by atomic mass is 19.1. The van der Waals surface area contributed by atoms with Crippen LogP contribution in [-0.4, -0.2) is 34.8 Å². The van der Waals surface area contributed by atoms with Gasteiger partial charge in [0.1, 0.15) is 0 Å². The molecule has 17 heavy (non-hydrogen) atoms. The van der Waals surface area contributed by atoms with E-state index in [4.69, 9.17) is 10.8 Å². The minimum absolute atomic E-state index is 0.0886. The van der Waals surface area contributed by atoms with Gasteiger partial charge in [-0.15, -0.1) is 0 Å². The number of aliphatic hydroxyl groups excluding tert-OH is 1. The van der Waals surface area contributed by atoms with E-state index in [0.717, 1.165) is 32.0 Å². The number of nitrogens with two attached hydrogens (primary N) is 1. The number of anilines is 2. The minimum Gasteiger partial charge on any atom is -0.396 e. The van der Waals surface area contributed by atoms with E-state index < -0.39 is 5.82 Å². The monoisotopic (exact) mass is 240 g/mol. The molecule has 5 nitrogen and oxygen atoms in total. The Morgan fingerprint density at radius 1 is 1.59 bits per heavy atom. The van der Waals surface area contributed by atoms with Gasteiger partial charge in [0.25, 0.3) is 0 Å². The Morgan fingerprint density at radius 2 is 2.41 bits per heavy atom. The number of halogens is 1. The quantitative estimate of drug-likeness (QED) is 0.817. The fourth-order valence-electron chi connectivity index (χ4n) is 2.27. The summed E-state index contributed by atoms with van der Waals surface area (Å²) in [6.07, 6.45) is 3.90. The van der Waals surface area contributed by atoms with Gasteiger partial charge in [0.15, 0.2) is 11.6 Å². The van der Waals surface area contributed by atoms with Crippen LogP contribution >= 0.6 is 0 Å². The van der Waals surface area contributed by atoms with Gasteiger partial charge in [0, 0.05) is 19.7 Å². The second-order valence-electron chi connectivity index (χ2n) is 4.37. The summed E-state index contributed by atoms with van der Waals surface area (Å²) >= 11 is 0. The van der Waals surface area contributed by atoms with Crippen molar-refractivity contribution in [2.45, 2.75) is 19.3 Å². The average molecular weight is 240 g/mol. The van der Waals surface area contributed by atoms with Gasteiger partial charge in [-0.25, -0.2) is 9.37 Å². The average Bonchev–Trinajstić information content (AvgIpc) is 2.33. The number of hydrogen-bond donors (Lipinski definition) is 2. The van der Waals surface area contributed by atoms with Crippen LogP contribution in [-0.2, 0) is 0 Å². The number of rotatable bonds is 3. The molecule has 0 aliphatic carbocycles. The lowest BCUT2D eigenvalue weighted by Gasteiger charge is -2.33. The molecule has 3 N–H and O–H groups in total. The molecule has 2 heterocycles. The van der Waals surface area contributed by atoms with Gasteiger partial charge in [-0.3, -0.25) is 0 Å². The number of piperidine rings is 1. The van der Waals surface area contributed by atoms with Crippen LogP contribution in [0.3, 0.4) is 0 Å². The predicted octanol–water partition coefficient (Wildman–Crippen LogP) is 0.797. The van der Waals surface area contributed by atoms with Crippen molar-refractivity contribution >= 4 is 11.8 Å². The van der Waals surface area contributed by atoms with Crippen molar-refractivity contribution in [2.24, 2.45) is 5.92 Å². The highest BCUT2D eigenvalue weighted by molar-refractivity contribution is 5.42. The number of nitrogen functional groups attached to an aromatic ring is 1. The zero-order valence-electron chi connectivity index (χ0n) is 9.64. The lowest BCUT2D eigenvalue weighted by molar-refractivity contribution is 0.244. The van der Waals surface area contributed by atoms with E-state index >= 15 is 0 Å². The fraction of sp³-hybridized carbons (Fsp3) is 0.636. The van der Waals surface area contributed by atoms with Crippen molar-refractivity contribution in [1.82, 2.24) is 9.97 Å². The van der Waals surface area contributed by atoms with Gasteiger partial charge < -0.3 is 15.7 Å². The molecule has 1 aromatic heterocycles. The van der Waals surface area contributed by atoms with E-state index in [1.165, 1.54) is 0 Å². The molecule has 1 aliphatic heterocycles. The van der Waals surface area contributed by atoms with E-state index in [2.05, 4.69) is 9.97 Å². The van der Waals surface area contributed by atoms with Crippen LogP contribution < -0.4 is 10.6 Å². The third-order valence-electron chi connectivity index (χ3n) is 3.10. The van der Waals surface area contributed by atoms with E-state index in [1.807, 2.05) is 4.90 Å². The summed E-state index contributed by atoms with van der Waals surface area (Å²) in [6.45, 7) is 1.66. The van der Waals surface area contributed by atoms with Gasteiger partial charge in [-0.2, -0.15) is 4.98 Å². The van der Waals surface area contributed by atoms with Gasteiger partial charge in [-0.05, 0) is 25.2 Å². The first kappa shape index (κ1) is 12.0. The summed E-state index contributed by atoms with van der Waals surface area (Å²) in [5.41, 5.74) is 5.47. The highest BCUT2D eigenvalue weighted by Gasteiger charge is 2.23. The molecule has 94 valence electrons. The van der Waals surface area contributed by atoms with Crippen molar-refractivity contribution in [2.75, 3.05) is 30.3 Å². The van der Waals surface area contributed by atoms with Gasteiger partial charge in [0.05, 0.1) is 6.20 Å². The first-order valence-electron chi connectivity index (χ1n) is 5.84. The van der Waals surface area contributed by atoms with E-state index in [-0.39, 0.29) is 18.4 Å². The Hall–Kier alpha value is -1.43. The van der Waals surface area contributed by atoms with Gasteiger partial charge in [-0.1, -0.05) is 0 Å². The van der Waals surface area contributed by atoms with Crippen molar-refractivity contribution in [3.63, 3.8) is 0 Å². The highest BCUT2D eigenvalue weighted by Crippen LogP contribution is 2.25. The zero-order valence-corrected chi connectivity index (χ0v) is 9.64. The van der Waals surface area contributed by atoms with Crippen LogP contribution in [0.1, 0.15) is 19.3 Å². The smallest absolute Gasteiger partial charge is 0.222 e. The first-order valence-corrected chi connectivity index (χ1v) is 5.84. The normalized spacial score (nSPS) is 20.6. The van der Waals surface area contributed by atoms with E-state index in [9.17, 15) is 4.39 Å². The molecule has 1 fully saturated rings. The van der Waals surface area contributed by atoms with Gasteiger partial charge >= 0.3 is 0 Å². The Morgan fingerprint density at radius 3 is 3.18 bits per heavy atom. The molecule has 0 saturated carbocycles. The Kier molecular flexibility index (Phi) is 3.73. The Bertz CT molecular complexity index is 386. The molecule has 0 amide bonds. The maximum atomic E-state index is 13.6. The van der Waals surface area contributed by atoms with Crippen LogP contribution in [0, 0.1) is 11.7 Å². The molecule has 0 radical (unpaired) electrons. The second kappa shape index (κ2) is 5.27. The Labute approximate surface area is 99.5 Å². The number of aliphatic hydroxyl groups is 1. The summed E-state index contributed by atoms with van der Waals surface area (Å²) in [4.78, 5) is 9.45. The maximum absolute atomic E-state index is 13.6. The van der Waals surface area contributed by atoms with E-state index in [1.54, 1.807) is 0 Å². The molecule has 2 rings (SSSR count). The number of aromatic nitrogens is 2. The van der Waals surface area contributed by atoms with Crippen molar-refractivity contribution in [1.29, 1.82) is 0 Å². The molecule has 1 atom stereocenters. The van der Waals surface area contributed by atoms with Crippen LogP contribution in [0.4, 0.5) is 16.2 Å². The van der Waals surface area contributed by atoms with Crippen LogP contribution in [0.15, 0.2) is 6.20 Å². The molecule has 1 unspecified atom stereocenters. The predicted molar refractivity (Wildman–Crippen MR) is 63.0 cm³/mol.